The van der Waals surface area contributed by atoms with Crippen molar-refractivity contribution in [3.05, 3.63) is 0 Å². The van der Waals surface area contributed by atoms with Crippen LogP contribution >= 0.6 is 0 Å². The Balaban J connectivity index is 2.40. The lowest BCUT2D eigenvalue weighted by molar-refractivity contribution is -0.506. The quantitative estimate of drug-likeness (QED) is 0.728. The van der Waals surface area contributed by atoms with Crippen LogP contribution in [0.15, 0.2) is 0 Å². The van der Waals surface area contributed by atoms with Gasteiger partial charge >= 0.3 is 0 Å². The SMILES string of the molecule is CC(C)(C)C(=O)[C@H]1CC[C@@H](ON(O)O)CC1. The fraction of sp³-hybridized carbons (Fsp3) is 0.909. The first-order valence-electron chi connectivity index (χ1n) is 5.69. The van der Waals surface area contributed by atoms with E-state index in [1.807, 2.05) is 20.8 Å². The summed E-state index contributed by atoms with van der Waals surface area (Å²) in [6.07, 6.45) is 2.69. The van der Waals surface area contributed by atoms with Gasteiger partial charge in [-0.25, -0.2) is 4.84 Å². The van der Waals surface area contributed by atoms with Gasteiger partial charge in [-0.05, 0) is 25.7 Å². The Bertz CT molecular complexity index is 239. The smallest absolute Gasteiger partial charge is 0.141 e. The van der Waals surface area contributed by atoms with Gasteiger partial charge in [-0.1, -0.05) is 20.8 Å². The van der Waals surface area contributed by atoms with E-state index >= 15 is 0 Å². The minimum absolute atomic E-state index is 0.0886. The lowest BCUT2D eigenvalue weighted by Crippen LogP contribution is -2.34. The molecule has 5 heteroatoms. The van der Waals surface area contributed by atoms with Crippen molar-refractivity contribution >= 4 is 5.78 Å². The summed E-state index contributed by atoms with van der Waals surface area (Å²) in [4.78, 5) is 16.7. The van der Waals surface area contributed by atoms with Crippen LogP contribution in [0.3, 0.4) is 0 Å². The summed E-state index contributed by atoms with van der Waals surface area (Å²) in [7, 11) is 0. The predicted molar refractivity (Wildman–Crippen MR) is 56.7 cm³/mol. The van der Waals surface area contributed by atoms with Crippen LogP contribution in [-0.4, -0.2) is 27.7 Å². The molecule has 0 aromatic heterocycles. The van der Waals surface area contributed by atoms with E-state index in [9.17, 15) is 4.79 Å². The Morgan fingerprint density at radius 2 is 1.69 bits per heavy atom. The molecule has 1 saturated carbocycles. The average Bonchev–Trinajstić information content (AvgIpc) is 2.15. The molecule has 1 fully saturated rings. The third kappa shape index (κ3) is 3.83. The van der Waals surface area contributed by atoms with E-state index in [2.05, 4.69) is 0 Å². The zero-order valence-corrected chi connectivity index (χ0v) is 10.1. The Kier molecular flexibility index (Phi) is 4.43. The topological polar surface area (TPSA) is 70.0 Å². The molecular formula is C11H21NO4. The van der Waals surface area contributed by atoms with E-state index < -0.39 is 0 Å². The van der Waals surface area contributed by atoms with Crippen LogP contribution in [0.25, 0.3) is 0 Å². The van der Waals surface area contributed by atoms with Crippen LogP contribution < -0.4 is 0 Å². The van der Waals surface area contributed by atoms with E-state index in [1.165, 1.54) is 0 Å². The van der Waals surface area contributed by atoms with Gasteiger partial charge in [0.2, 0.25) is 0 Å². The number of ketones is 1. The first-order chi connectivity index (χ1) is 7.30. The zero-order valence-electron chi connectivity index (χ0n) is 10.1. The van der Waals surface area contributed by atoms with E-state index in [4.69, 9.17) is 15.3 Å². The van der Waals surface area contributed by atoms with Gasteiger partial charge in [0.1, 0.15) is 5.78 Å². The molecule has 0 radical (unpaired) electrons. The second-order valence-corrected chi connectivity index (χ2v) is 5.45. The summed E-state index contributed by atoms with van der Waals surface area (Å²) < 4.78 is 0. The molecule has 0 aromatic carbocycles. The highest BCUT2D eigenvalue weighted by Gasteiger charge is 2.33. The second kappa shape index (κ2) is 5.23. The van der Waals surface area contributed by atoms with E-state index in [-0.39, 0.29) is 28.6 Å². The number of nitrogens with zero attached hydrogens (tertiary/aromatic N) is 1. The van der Waals surface area contributed by atoms with Crippen molar-refractivity contribution in [2.24, 2.45) is 11.3 Å². The number of Topliss-reactive ketones (excluding diaryl/α,β-unsaturated/α-hetero) is 1. The largest absolute Gasteiger partial charge is 0.299 e. The lowest BCUT2D eigenvalue weighted by Gasteiger charge is -2.31. The summed E-state index contributed by atoms with van der Waals surface area (Å²) in [6.45, 7) is 5.79. The predicted octanol–water partition coefficient (Wildman–Crippen LogP) is 2.17. The molecule has 0 bridgehead atoms. The highest BCUT2D eigenvalue weighted by atomic mass is 17.1. The fourth-order valence-corrected chi connectivity index (χ4v) is 2.18. The van der Waals surface area contributed by atoms with Crippen molar-refractivity contribution < 1.29 is 20.0 Å². The standard InChI is InChI=1S/C11H21NO4/c1-11(2,3)10(13)8-4-6-9(7-5-8)16-12(14)15/h8-9,14-15H,4-7H2,1-3H3/t8-,9+. The number of carbonyl (C=O) groups excluding carboxylic acids is 1. The molecule has 0 heterocycles. The molecule has 0 aromatic rings. The summed E-state index contributed by atoms with van der Waals surface area (Å²) in [5, 5.41) is 16.8. The van der Waals surface area contributed by atoms with E-state index in [1.54, 1.807) is 0 Å². The van der Waals surface area contributed by atoms with Crippen LogP contribution in [-0.2, 0) is 9.63 Å². The highest BCUT2D eigenvalue weighted by molar-refractivity contribution is 5.85. The molecule has 0 amide bonds. The monoisotopic (exact) mass is 231 g/mol. The van der Waals surface area contributed by atoms with Crippen molar-refractivity contribution in [3.8, 4) is 0 Å². The summed E-state index contributed by atoms with van der Waals surface area (Å²) in [5.41, 5.74) is -0.293. The molecule has 94 valence electrons. The first-order valence-corrected chi connectivity index (χ1v) is 5.69. The van der Waals surface area contributed by atoms with Crippen molar-refractivity contribution in [2.75, 3.05) is 0 Å². The van der Waals surface area contributed by atoms with E-state index in [0.29, 0.717) is 12.8 Å². The maximum Gasteiger partial charge on any atom is 0.141 e. The summed E-state index contributed by atoms with van der Waals surface area (Å²) in [5.74, 6) is 0.376. The molecule has 0 unspecified atom stereocenters. The van der Waals surface area contributed by atoms with Crippen LogP contribution in [0.2, 0.25) is 0 Å². The minimum atomic E-state index is -0.293. The molecular weight excluding hydrogens is 210 g/mol. The third-order valence-electron chi connectivity index (χ3n) is 3.03. The van der Waals surface area contributed by atoms with Gasteiger partial charge in [0.05, 0.1) is 11.5 Å². The first kappa shape index (κ1) is 13.6. The lowest BCUT2D eigenvalue weighted by atomic mass is 9.76. The zero-order chi connectivity index (χ0) is 12.3. The summed E-state index contributed by atoms with van der Waals surface area (Å²) in [6, 6.07) is 0. The molecule has 1 rings (SSSR count). The van der Waals surface area contributed by atoms with Gasteiger partial charge in [0, 0.05) is 11.3 Å². The van der Waals surface area contributed by atoms with Crippen LogP contribution in [0, 0.1) is 11.3 Å². The van der Waals surface area contributed by atoms with Gasteiger partial charge < -0.3 is 0 Å². The van der Waals surface area contributed by atoms with Crippen molar-refractivity contribution in [1.29, 1.82) is 0 Å². The summed E-state index contributed by atoms with van der Waals surface area (Å²) >= 11 is 0. The number of carbonyl (C=O) groups is 1. The van der Waals surface area contributed by atoms with Gasteiger partial charge in [-0.3, -0.25) is 15.2 Å². The van der Waals surface area contributed by atoms with Gasteiger partial charge in [-0.2, -0.15) is 0 Å². The van der Waals surface area contributed by atoms with Crippen LogP contribution in [0.5, 0.6) is 0 Å². The second-order valence-electron chi connectivity index (χ2n) is 5.45. The normalized spacial score (nSPS) is 27.1. The molecule has 0 atom stereocenters. The molecule has 0 spiro atoms. The maximum atomic E-state index is 12.0. The van der Waals surface area contributed by atoms with Gasteiger partial charge in [0.15, 0.2) is 0 Å². The number of hydrogen-bond acceptors (Lipinski definition) is 5. The minimum Gasteiger partial charge on any atom is -0.299 e. The van der Waals surface area contributed by atoms with Gasteiger partial charge in [0.25, 0.3) is 0 Å². The Hall–Kier alpha value is -0.490. The molecule has 2 N–H and O–H groups in total. The van der Waals surface area contributed by atoms with Gasteiger partial charge in [-0.15, -0.1) is 0 Å². The molecule has 1 aliphatic rings. The Labute approximate surface area is 95.9 Å². The van der Waals surface area contributed by atoms with Crippen molar-refractivity contribution in [1.82, 2.24) is 5.39 Å². The molecule has 0 aliphatic heterocycles. The van der Waals surface area contributed by atoms with Crippen molar-refractivity contribution in [2.45, 2.75) is 52.6 Å². The molecule has 0 saturated heterocycles. The fourth-order valence-electron chi connectivity index (χ4n) is 2.18. The van der Waals surface area contributed by atoms with Crippen molar-refractivity contribution in [3.63, 3.8) is 0 Å². The Morgan fingerprint density at radius 1 is 1.19 bits per heavy atom. The number of rotatable bonds is 3. The number of hydrogen-bond donors (Lipinski definition) is 2. The van der Waals surface area contributed by atoms with Crippen LogP contribution in [0.4, 0.5) is 0 Å². The molecule has 1 aliphatic carbocycles. The van der Waals surface area contributed by atoms with Crippen LogP contribution in [0.1, 0.15) is 46.5 Å². The van der Waals surface area contributed by atoms with E-state index in [0.717, 1.165) is 12.8 Å². The maximum absolute atomic E-state index is 12.0. The molecule has 5 nitrogen and oxygen atoms in total. The third-order valence-corrected chi connectivity index (χ3v) is 3.03. The Morgan fingerprint density at radius 3 is 2.06 bits per heavy atom. The molecule has 16 heavy (non-hydrogen) atoms. The highest BCUT2D eigenvalue weighted by Crippen LogP contribution is 2.32. The average molecular weight is 231 g/mol.